The van der Waals surface area contributed by atoms with E-state index in [4.69, 9.17) is 4.74 Å². The van der Waals surface area contributed by atoms with Crippen molar-refractivity contribution in [2.45, 2.75) is 163 Å². The van der Waals surface area contributed by atoms with Crippen LogP contribution in [-0.4, -0.2) is 15.4 Å². The van der Waals surface area contributed by atoms with Crippen LogP contribution in [0.25, 0.3) is 0 Å². The van der Waals surface area contributed by atoms with Gasteiger partial charge in [-0.05, 0) is 53.4 Å². The van der Waals surface area contributed by atoms with E-state index in [2.05, 4.69) is 138 Å². The monoisotopic (exact) mass is 629 g/mol. The quantitative estimate of drug-likeness (QED) is 0.248. The molecule has 0 amide bonds. The van der Waals surface area contributed by atoms with Crippen molar-refractivity contribution in [2.24, 2.45) is 17.9 Å². The molecule has 0 unspecified atom stereocenters. The van der Waals surface area contributed by atoms with Crippen LogP contribution in [0.5, 0.6) is 5.75 Å². The Bertz CT molecular complexity index is 917. The average molecular weight is 629 g/mol. The molecular weight excluding hydrogens is 548 g/mol. The summed E-state index contributed by atoms with van der Waals surface area (Å²) in [5.74, 6) is 1.05. The van der Waals surface area contributed by atoms with Crippen LogP contribution < -0.4 is 4.74 Å². The number of hydrogen-bond donors (Lipinski definition) is 0. The summed E-state index contributed by atoms with van der Waals surface area (Å²) in [4.78, 5) is 0. The van der Waals surface area contributed by atoms with Crippen LogP contribution in [0.2, 0.25) is 0 Å². The Hall–Kier alpha value is -2.55. The first kappa shape index (κ1) is 52.0. The molecule has 1 aliphatic heterocycles. The number of aryl methyl sites for hydroxylation is 1. The predicted molar refractivity (Wildman–Crippen MR) is 209 cm³/mol. The second kappa shape index (κ2) is 28.9. The average Bonchev–Trinajstić information content (AvgIpc) is 3.56. The van der Waals surface area contributed by atoms with Gasteiger partial charge in [0, 0.05) is 25.9 Å². The molecule has 0 bridgehead atoms. The summed E-state index contributed by atoms with van der Waals surface area (Å²) >= 11 is 0. The fourth-order valence-electron chi connectivity index (χ4n) is 2.83. The summed E-state index contributed by atoms with van der Waals surface area (Å²) in [7, 11) is 1.89. The van der Waals surface area contributed by atoms with Gasteiger partial charge in [0.05, 0.1) is 0 Å². The first-order valence-corrected chi connectivity index (χ1v) is 17.4. The van der Waals surface area contributed by atoms with E-state index in [-0.39, 0.29) is 5.60 Å². The second-order valence-electron chi connectivity index (χ2n) is 14.4. The van der Waals surface area contributed by atoms with Crippen molar-refractivity contribution in [1.82, 2.24) is 9.78 Å². The van der Waals surface area contributed by atoms with Gasteiger partial charge in [0.25, 0.3) is 0 Å². The van der Waals surface area contributed by atoms with Gasteiger partial charge in [-0.2, -0.15) is 5.10 Å². The van der Waals surface area contributed by atoms with Gasteiger partial charge in [0.1, 0.15) is 11.4 Å². The SMILES string of the molecule is CC.CC.CC.CC.CC(C)(C)C.CC(C)(C)C.CC(C)(C)c1ccccc1.CC1(C)Cc2ccccc2O1.Cn1cccn1. The Kier molecular flexibility index (Phi) is 33.4. The molecule has 4 rings (SSSR count). The lowest BCUT2D eigenvalue weighted by Gasteiger charge is -2.18. The third-order valence-corrected chi connectivity index (χ3v) is 4.25. The maximum atomic E-state index is 5.69. The van der Waals surface area contributed by atoms with Gasteiger partial charge in [-0.1, -0.05) is 180 Å². The predicted octanol–water partition coefficient (Wildman–Crippen LogP) is 14.0. The molecule has 1 aromatic heterocycles. The molecule has 264 valence electrons. The minimum absolute atomic E-state index is 0.00366. The van der Waals surface area contributed by atoms with Crippen molar-refractivity contribution >= 4 is 0 Å². The number of para-hydroxylation sites is 1. The maximum Gasteiger partial charge on any atom is 0.123 e. The van der Waals surface area contributed by atoms with Crippen LogP contribution in [0.1, 0.15) is 157 Å². The van der Waals surface area contributed by atoms with Crippen LogP contribution >= 0.6 is 0 Å². The van der Waals surface area contributed by atoms with Crippen LogP contribution in [0.4, 0.5) is 0 Å². The molecule has 2 aromatic carbocycles. The van der Waals surface area contributed by atoms with Crippen LogP contribution in [0, 0.1) is 10.8 Å². The summed E-state index contributed by atoms with van der Waals surface area (Å²) in [5.41, 5.74) is 4.03. The second-order valence-corrected chi connectivity index (χ2v) is 14.4. The number of fused-ring (bicyclic) bond motifs is 1. The molecule has 1 aliphatic rings. The minimum atomic E-state index is 0.00366. The van der Waals surface area contributed by atoms with Crippen molar-refractivity contribution in [3.05, 3.63) is 84.2 Å². The first-order chi connectivity index (χ1) is 20.7. The zero-order chi connectivity index (χ0) is 36.9. The van der Waals surface area contributed by atoms with E-state index >= 15 is 0 Å². The highest BCUT2D eigenvalue weighted by Crippen LogP contribution is 2.33. The molecule has 0 radical (unpaired) electrons. The number of benzene rings is 2. The fourth-order valence-corrected chi connectivity index (χ4v) is 2.83. The molecule has 0 atom stereocenters. The molecule has 3 nitrogen and oxygen atoms in total. The first-order valence-electron chi connectivity index (χ1n) is 17.4. The van der Waals surface area contributed by atoms with Crippen molar-refractivity contribution in [2.75, 3.05) is 0 Å². The third kappa shape index (κ3) is 41.5. The van der Waals surface area contributed by atoms with E-state index in [1.165, 1.54) is 11.1 Å². The van der Waals surface area contributed by atoms with E-state index in [1.807, 2.05) is 86.8 Å². The lowest BCUT2D eigenvalue weighted by atomic mass is 9.87. The summed E-state index contributed by atoms with van der Waals surface area (Å²) in [5, 5.41) is 3.83. The third-order valence-electron chi connectivity index (χ3n) is 4.25. The van der Waals surface area contributed by atoms with E-state index < -0.39 is 0 Å². The van der Waals surface area contributed by atoms with Crippen molar-refractivity contribution in [3.63, 3.8) is 0 Å². The van der Waals surface area contributed by atoms with Crippen molar-refractivity contribution < 1.29 is 4.74 Å². The number of nitrogens with zero attached hydrogens (tertiary/aromatic N) is 2. The highest BCUT2D eigenvalue weighted by atomic mass is 16.5. The summed E-state index contributed by atoms with van der Waals surface area (Å²) in [6.07, 6.45) is 4.67. The zero-order valence-corrected chi connectivity index (χ0v) is 34.4. The van der Waals surface area contributed by atoms with E-state index in [9.17, 15) is 0 Å². The number of aromatic nitrogens is 2. The molecule has 0 saturated carbocycles. The van der Waals surface area contributed by atoms with Crippen molar-refractivity contribution in [3.8, 4) is 5.75 Å². The van der Waals surface area contributed by atoms with Crippen molar-refractivity contribution in [1.29, 1.82) is 0 Å². The van der Waals surface area contributed by atoms with Gasteiger partial charge < -0.3 is 4.74 Å². The zero-order valence-electron chi connectivity index (χ0n) is 34.4. The number of hydrogen-bond acceptors (Lipinski definition) is 2. The lowest BCUT2D eigenvalue weighted by Crippen LogP contribution is -2.24. The summed E-state index contributed by atoms with van der Waals surface area (Å²) < 4.78 is 7.44. The van der Waals surface area contributed by atoms with Gasteiger partial charge in [0.15, 0.2) is 0 Å². The van der Waals surface area contributed by atoms with Gasteiger partial charge in [-0.15, -0.1) is 0 Å². The summed E-state index contributed by atoms with van der Waals surface area (Å²) in [6, 6.07) is 20.7. The summed E-state index contributed by atoms with van der Waals surface area (Å²) in [6.45, 7) is 44.4. The minimum Gasteiger partial charge on any atom is -0.487 e. The van der Waals surface area contributed by atoms with E-state index in [0.29, 0.717) is 16.2 Å². The van der Waals surface area contributed by atoms with Gasteiger partial charge in [-0.25, -0.2) is 0 Å². The highest BCUT2D eigenvalue weighted by molar-refractivity contribution is 5.38. The van der Waals surface area contributed by atoms with Crippen LogP contribution in [-0.2, 0) is 18.9 Å². The van der Waals surface area contributed by atoms with Gasteiger partial charge >= 0.3 is 0 Å². The Balaban J connectivity index is -0.000000145. The maximum absolute atomic E-state index is 5.69. The Morgan fingerprint density at radius 2 is 0.978 bits per heavy atom. The van der Waals surface area contributed by atoms with Crippen LogP contribution in [0.3, 0.4) is 0 Å². The normalized spacial score (nSPS) is 11.6. The topological polar surface area (TPSA) is 27.1 Å². The molecule has 3 heteroatoms. The van der Waals surface area contributed by atoms with E-state index in [1.54, 1.807) is 10.9 Å². The molecule has 0 aliphatic carbocycles. The molecule has 0 N–H and O–H groups in total. The van der Waals surface area contributed by atoms with E-state index in [0.717, 1.165) is 12.2 Å². The Morgan fingerprint density at radius 1 is 0.600 bits per heavy atom. The molecule has 3 aromatic rings. The van der Waals surface area contributed by atoms with Crippen LogP contribution in [0.15, 0.2) is 73.1 Å². The standard InChI is InChI=1S/C10H12O.C10H14.2C5H12.C4H6N2.4C2H6/c1-10(2)7-8-5-3-4-6-9(8)11-10;1-10(2,3)9-7-5-4-6-8-9;2*1-5(2,3)4;1-6-4-2-3-5-6;4*1-2/h3-6H,7H2,1-2H3;4-8H,1-3H3;2*1-4H3;2-4H,1H3;4*1-2H3. The number of rotatable bonds is 0. The molecular formula is C42H80N2O. The Labute approximate surface area is 284 Å². The molecule has 0 spiro atoms. The number of ether oxygens (including phenoxy) is 1. The highest BCUT2D eigenvalue weighted by Gasteiger charge is 2.29. The fraction of sp³-hybridized carbons (Fsp3) is 0.643. The molecule has 0 fully saturated rings. The smallest absolute Gasteiger partial charge is 0.123 e. The molecule has 2 heterocycles. The molecule has 0 saturated heterocycles. The van der Waals surface area contributed by atoms with Gasteiger partial charge in [-0.3, -0.25) is 4.68 Å². The lowest BCUT2D eigenvalue weighted by molar-refractivity contribution is 0.138. The molecule has 45 heavy (non-hydrogen) atoms. The largest absolute Gasteiger partial charge is 0.487 e. The van der Waals surface area contributed by atoms with Gasteiger partial charge in [0.2, 0.25) is 0 Å². The Morgan fingerprint density at radius 3 is 1.24 bits per heavy atom.